The van der Waals surface area contributed by atoms with E-state index < -0.39 is 5.91 Å². The van der Waals surface area contributed by atoms with Crippen molar-refractivity contribution < 1.29 is 4.79 Å². The number of hydrogen-bond donors (Lipinski definition) is 1. The maximum atomic E-state index is 12.9. The Labute approximate surface area is 167 Å². The highest BCUT2D eigenvalue weighted by Crippen LogP contribution is 2.15. The van der Waals surface area contributed by atoms with Crippen LogP contribution in [-0.4, -0.2) is 21.9 Å². The van der Waals surface area contributed by atoms with E-state index in [0.717, 1.165) is 11.1 Å². The van der Waals surface area contributed by atoms with Gasteiger partial charge in [0.25, 0.3) is 11.5 Å². The number of rotatable bonds is 4. The van der Waals surface area contributed by atoms with Gasteiger partial charge in [-0.2, -0.15) is 14.9 Å². The maximum Gasteiger partial charge on any atom is 0.292 e. The highest BCUT2D eigenvalue weighted by molar-refractivity contribution is 6.05. The van der Waals surface area contributed by atoms with E-state index in [1.54, 1.807) is 42.6 Å². The molecule has 0 aliphatic carbocycles. The standard InChI is InChI=1S/C23H18N4O2/c1-16-8-7-9-17(14-16)15-24-25-22(28)21-19-12-5-6-13-20(19)23(29)27(26-21)18-10-3-2-4-11-18/h2-15H,1H3,(H,25,28)/b24-15-. The zero-order valence-corrected chi connectivity index (χ0v) is 15.7. The Balaban J connectivity index is 1.73. The van der Waals surface area contributed by atoms with Crippen LogP contribution in [0.2, 0.25) is 0 Å². The monoisotopic (exact) mass is 382 g/mol. The number of aryl methyl sites for hydroxylation is 1. The minimum atomic E-state index is -0.491. The SMILES string of the molecule is Cc1cccc(/C=N\NC(=O)c2nn(-c3ccccc3)c(=O)c3ccccc23)c1. The van der Waals surface area contributed by atoms with E-state index in [4.69, 9.17) is 0 Å². The fraction of sp³-hybridized carbons (Fsp3) is 0.0435. The molecule has 0 unspecified atom stereocenters. The van der Waals surface area contributed by atoms with Crippen LogP contribution in [0.25, 0.3) is 16.5 Å². The molecule has 0 atom stereocenters. The van der Waals surface area contributed by atoms with Gasteiger partial charge >= 0.3 is 0 Å². The molecule has 1 amide bonds. The van der Waals surface area contributed by atoms with Gasteiger partial charge in [0.2, 0.25) is 0 Å². The molecule has 1 N–H and O–H groups in total. The third-order valence-corrected chi connectivity index (χ3v) is 4.44. The number of carbonyl (C=O) groups excluding carboxylic acids is 1. The van der Waals surface area contributed by atoms with Crippen LogP contribution < -0.4 is 11.0 Å². The molecule has 29 heavy (non-hydrogen) atoms. The van der Waals surface area contributed by atoms with Gasteiger partial charge in [-0.1, -0.05) is 66.2 Å². The van der Waals surface area contributed by atoms with E-state index in [1.807, 2.05) is 49.4 Å². The Morgan fingerprint density at radius 2 is 1.69 bits per heavy atom. The third-order valence-electron chi connectivity index (χ3n) is 4.44. The number of carbonyl (C=O) groups is 1. The summed E-state index contributed by atoms with van der Waals surface area (Å²) in [5, 5.41) is 9.26. The van der Waals surface area contributed by atoms with Crippen LogP contribution in [0.5, 0.6) is 0 Å². The van der Waals surface area contributed by atoms with Crippen molar-refractivity contribution in [2.45, 2.75) is 6.92 Å². The Morgan fingerprint density at radius 1 is 0.966 bits per heavy atom. The molecule has 0 spiro atoms. The summed E-state index contributed by atoms with van der Waals surface area (Å²) in [6.45, 7) is 1.98. The van der Waals surface area contributed by atoms with Crippen molar-refractivity contribution in [2.75, 3.05) is 0 Å². The van der Waals surface area contributed by atoms with E-state index >= 15 is 0 Å². The topological polar surface area (TPSA) is 76.3 Å². The molecule has 0 aliphatic rings. The third kappa shape index (κ3) is 3.82. The molecular formula is C23H18N4O2. The van der Waals surface area contributed by atoms with Crippen LogP contribution in [0.3, 0.4) is 0 Å². The molecule has 4 rings (SSSR count). The van der Waals surface area contributed by atoms with E-state index in [1.165, 1.54) is 4.68 Å². The van der Waals surface area contributed by atoms with Gasteiger partial charge in [0.1, 0.15) is 0 Å². The van der Waals surface area contributed by atoms with Crippen molar-refractivity contribution in [1.29, 1.82) is 0 Å². The van der Waals surface area contributed by atoms with Crippen molar-refractivity contribution >= 4 is 22.9 Å². The highest BCUT2D eigenvalue weighted by atomic mass is 16.2. The quantitative estimate of drug-likeness (QED) is 0.434. The molecule has 1 aromatic heterocycles. The molecule has 4 aromatic rings. The van der Waals surface area contributed by atoms with Gasteiger partial charge in [-0.3, -0.25) is 9.59 Å². The lowest BCUT2D eigenvalue weighted by molar-refractivity contribution is 0.0950. The molecular weight excluding hydrogens is 364 g/mol. The number of hydrazone groups is 1. The number of amides is 1. The molecule has 0 aliphatic heterocycles. The van der Waals surface area contributed by atoms with E-state index in [-0.39, 0.29) is 11.3 Å². The summed E-state index contributed by atoms with van der Waals surface area (Å²) in [4.78, 5) is 25.7. The second-order valence-electron chi connectivity index (χ2n) is 6.56. The smallest absolute Gasteiger partial charge is 0.267 e. The lowest BCUT2D eigenvalue weighted by Crippen LogP contribution is -2.28. The van der Waals surface area contributed by atoms with Gasteiger partial charge in [0.05, 0.1) is 17.3 Å². The normalized spacial score (nSPS) is 11.1. The number of aromatic nitrogens is 2. The fourth-order valence-corrected chi connectivity index (χ4v) is 3.07. The first kappa shape index (κ1) is 18.3. The van der Waals surface area contributed by atoms with Gasteiger partial charge in [-0.25, -0.2) is 5.43 Å². The summed E-state index contributed by atoms with van der Waals surface area (Å²) >= 11 is 0. The summed E-state index contributed by atoms with van der Waals surface area (Å²) in [6, 6.07) is 23.7. The molecule has 3 aromatic carbocycles. The van der Waals surface area contributed by atoms with E-state index in [2.05, 4.69) is 15.6 Å². The van der Waals surface area contributed by atoms with Crippen molar-refractivity contribution in [3.8, 4) is 5.69 Å². The molecule has 0 bridgehead atoms. The number of fused-ring (bicyclic) bond motifs is 1. The average molecular weight is 382 g/mol. The van der Waals surface area contributed by atoms with Gasteiger partial charge < -0.3 is 0 Å². The number of para-hydroxylation sites is 1. The molecule has 0 saturated carbocycles. The molecule has 0 radical (unpaired) electrons. The van der Waals surface area contributed by atoms with Crippen molar-refractivity contribution in [3.63, 3.8) is 0 Å². The summed E-state index contributed by atoms with van der Waals surface area (Å²) in [5.41, 5.74) is 4.91. The highest BCUT2D eigenvalue weighted by Gasteiger charge is 2.17. The largest absolute Gasteiger partial charge is 0.292 e. The van der Waals surface area contributed by atoms with Crippen LogP contribution >= 0.6 is 0 Å². The van der Waals surface area contributed by atoms with Crippen LogP contribution in [-0.2, 0) is 0 Å². The Kier molecular flexibility index (Phi) is 4.99. The lowest BCUT2D eigenvalue weighted by atomic mass is 10.1. The maximum absolute atomic E-state index is 12.9. The summed E-state index contributed by atoms with van der Waals surface area (Å²) in [5.74, 6) is -0.491. The Bertz CT molecular complexity index is 1280. The zero-order valence-electron chi connectivity index (χ0n) is 15.7. The van der Waals surface area contributed by atoms with Crippen molar-refractivity contribution in [2.24, 2.45) is 5.10 Å². The van der Waals surface area contributed by atoms with Gasteiger partial charge in [-0.05, 0) is 30.7 Å². The first-order chi connectivity index (χ1) is 14.1. The Hall–Kier alpha value is -4.06. The van der Waals surface area contributed by atoms with Crippen LogP contribution in [0.1, 0.15) is 21.6 Å². The summed E-state index contributed by atoms with van der Waals surface area (Å²) < 4.78 is 1.24. The second-order valence-corrected chi connectivity index (χ2v) is 6.56. The van der Waals surface area contributed by atoms with Gasteiger partial charge in [0, 0.05) is 5.39 Å². The van der Waals surface area contributed by atoms with Crippen LogP contribution in [0, 0.1) is 6.92 Å². The average Bonchev–Trinajstić information content (AvgIpc) is 2.75. The van der Waals surface area contributed by atoms with Gasteiger partial charge in [0.15, 0.2) is 5.69 Å². The zero-order chi connectivity index (χ0) is 20.2. The molecule has 0 fully saturated rings. The predicted molar refractivity (Wildman–Crippen MR) is 114 cm³/mol. The minimum absolute atomic E-state index is 0.130. The predicted octanol–water partition coefficient (Wildman–Crippen LogP) is 3.46. The lowest BCUT2D eigenvalue weighted by Gasteiger charge is -2.10. The summed E-state index contributed by atoms with van der Waals surface area (Å²) in [7, 11) is 0. The van der Waals surface area contributed by atoms with Crippen molar-refractivity contribution in [3.05, 3.63) is 106 Å². The Morgan fingerprint density at radius 3 is 2.45 bits per heavy atom. The molecule has 6 nitrogen and oxygen atoms in total. The van der Waals surface area contributed by atoms with Gasteiger partial charge in [-0.15, -0.1) is 0 Å². The molecule has 142 valence electrons. The first-order valence-corrected chi connectivity index (χ1v) is 9.11. The molecule has 6 heteroatoms. The number of nitrogens with zero attached hydrogens (tertiary/aromatic N) is 3. The number of nitrogens with one attached hydrogen (secondary N) is 1. The van der Waals surface area contributed by atoms with Crippen LogP contribution in [0.15, 0.2) is 88.8 Å². The van der Waals surface area contributed by atoms with E-state index in [0.29, 0.717) is 16.5 Å². The number of benzene rings is 3. The minimum Gasteiger partial charge on any atom is -0.267 e. The molecule has 1 heterocycles. The van der Waals surface area contributed by atoms with Crippen molar-refractivity contribution in [1.82, 2.24) is 15.2 Å². The molecule has 0 saturated heterocycles. The first-order valence-electron chi connectivity index (χ1n) is 9.11. The fourth-order valence-electron chi connectivity index (χ4n) is 3.07. The van der Waals surface area contributed by atoms with E-state index in [9.17, 15) is 9.59 Å². The summed E-state index contributed by atoms with van der Waals surface area (Å²) in [6.07, 6.45) is 1.57. The van der Waals surface area contributed by atoms with Crippen LogP contribution in [0.4, 0.5) is 0 Å². The number of hydrogen-bond acceptors (Lipinski definition) is 4. The second kappa shape index (κ2) is 7.90.